The Morgan fingerprint density at radius 1 is 0.808 bits per heavy atom. The van der Waals surface area contributed by atoms with Crippen molar-refractivity contribution in [2.45, 2.75) is 51.4 Å². The molecule has 3 aromatic carbocycles. The summed E-state index contributed by atoms with van der Waals surface area (Å²) in [6, 6.07) is 18.2. The minimum absolute atomic E-state index is 0.209. The highest BCUT2D eigenvalue weighted by Crippen LogP contribution is 2.50. The van der Waals surface area contributed by atoms with Crippen molar-refractivity contribution < 1.29 is 0 Å². The minimum Gasteiger partial charge on any atom is -0.281 e. The summed E-state index contributed by atoms with van der Waals surface area (Å²) in [7, 11) is 0. The van der Waals surface area contributed by atoms with Crippen LogP contribution in [0.25, 0.3) is 32.6 Å². The Morgan fingerprint density at radius 2 is 1.46 bits per heavy atom. The molecule has 26 heavy (non-hydrogen) atoms. The van der Waals surface area contributed by atoms with Crippen LogP contribution in [0.1, 0.15) is 51.7 Å². The number of rotatable bonds is 0. The van der Waals surface area contributed by atoms with Crippen LogP contribution >= 0.6 is 22.9 Å². The van der Waals surface area contributed by atoms with E-state index in [0.717, 1.165) is 0 Å². The summed E-state index contributed by atoms with van der Waals surface area (Å²) in [6.07, 6.45) is 2.50. The third-order valence-electron chi connectivity index (χ3n) is 6.52. The number of hydrogen-bond donors (Lipinski definition) is 0. The summed E-state index contributed by atoms with van der Waals surface area (Å²) in [5, 5.41) is 5.40. The van der Waals surface area contributed by atoms with Gasteiger partial charge in [-0.15, -0.1) is 0 Å². The van der Waals surface area contributed by atoms with Crippen LogP contribution < -0.4 is 0 Å². The molecular formula is C24H24IN. The van der Waals surface area contributed by atoms with E-state index >= 15 is 0 Å². The van der Waals surface area contributed by atoms with E-state index in [1.807, 2.05) is 0 Å². The Kier molecular flexibility index (Phi) is 3.35. The van der Waals surface area contributed by atoms with Crippen molar-refractivity contribution in [3.63, 3.8) is 0 Å². The minimum atomic E-state index is 0.209. The first kappa shape index (κ1) is 16.6. The average Bonchev–Trinajstić information content (AvgIpc) is 2.89. The zero-order chi connectivity index (χ0) is 18.3. The number of halogens is 1. The highest BCUT2D eigenvalue weighted by molar-refractivity contribution is 14.1. The zero-order valence-electron chi connectivity index (χ0n) is 15.9. The van der Waals surface area contributed by atoms with Gasteiger partial charge in [-0.3, -0.25) is 2.78 Å². The van der Waals surface area contributed by atoms with Crippen molar-refractivity contribution in [1.29, 1.82) is 0 Å². The molecule has 0 saturated heterocycles. The van der Waals surface area contributed by atoms with Gasteiger partial charge < -0.3 is 0 Å². The van der Waals surface area contributed by atoms with E-state index in [1.54, 1.807) is 5.56 Å². The number of benzene rings is 3. The van der Waals surface area contributed by atoms with E-state index in [-0.39, 0.29) is 10.8 Å². The van der Waals surface area contributed by atoms with Gasteiger partial charge in [-0.2, -0.15) is 0 Å². The quantitative estimate of drug-likeness (QED) is 0.243. The maximum absolute atomic E-state index is 2.52. The van der Waals surface area contributed by atoms with Gasteiger partial charge in [-0.1, -0.05) is 64.1 Å². The fraction of sp³-hybridized carbons (Fsp3) is 0.333. The second-order valence-corrected chi connectivity index (χ2v) is 10.1. The van der Waals surface area contributed by atoms with Gasteiger partial charge in [-0.25, -0.2) is 0 Å². The van der Waals surface area contributed by atoms with Gasteiger partial charge in [-0.05, 0) is 57.7 Å². The largest absolute Gasteiger partial charge is 0.281 e. The maximum Gasteiger partial charge on any atom is 0.0646 e. The summed E-state index contributed by atoms with van der Waals surface area (Å²) < 4.78 is 2.41. The lowest BCUT2D eigenvalue weighted by Gasteiger charge is -2.42. The summed E-state index contributed by atoms with van der Waals surface area (Å²) in [6.45, 7) is 9.65. The summed E-state index contributed by atoms with van der Waals surface area (Å²) in [4.78, 5) is 0. The van der Waals surface area contributed by atoms with Crippen LogP contribution in [-0.4, -0.2) is 2.78 Å². The number of hydrogen-bond acceptors (Lipinski definition) is 0. The Bertz CT molecular complexity index is 1190. The van der Waals surface area contributed by atoms with Gasteiger partial charge in [0.05, 0.1) is 33.9 Å². The number of fused-ring (bicyclic) bond motifs is 6. The van der Waals surface area contributed by atoms with Crippen LogP contribution in [0.5, 0.6) is 0 Å². The summed E-state index contributed by atoms with van der Waals surface area (Å²) in [5.41, 5.74) is 6.29. The fourth-order valence-corrected chi connectivity index (χ4v) is 5.77. The van der Waals surface area contributed by atoms with E-state index in [0.29, 0.717) is 0 Å². The molecule has 0 N–H and O–H groups in total. The molecule has 4 aromatic rings. The molecule has 1 heterocycles. The summed E-state index contributed by atoms with van der Waals surface area (Å²) in [5.74, 6) is 0. The topological polar surface area (TPSA) is 4.93 Å². The van der Waals surface area contributed by atoms with Gasteiger partial charge in [0.2, 0.25) is 0 Å². The molecule has 0 radical (unpaired) electrons. The molecule has 0 atom stereocenters. The van der Waals surface area contributed by atoms with Crippen LogP contribution in [0.2, 0.25) is 0 Å². The standard InChI is InChI=1S/C24H24IN/c1-23(2)11-12-24(3,4)21-19(23)10-9-17-18-13-15-7-5-6-8-16(15)14-20(18)26(25)22(17)21/h5-10,13-14H,11-12H2,1-4H3. The molecule has 0 unspecified atom stereocenters. The molecule has 5 rings (SSSR count). The molecule has 0 amide bonds. The first-order valence-electron chi connectivity index (χ1n) is 9.47. The van der Waals surface area contributed by atoms with Gasteiger partial charge in [0, 0.05) is 10.8 Å². The second-order valence-electron chi connectivity index (χ2n) is 9.15. The molecule has 1 nitrogen and oxygen atoms in total. The number of aromatic nitrogens is 1. The Labute approximate surface area is 168 Å². The SMILES string of the molecule is CC1(C)CCC(C)(C)c2c1ccc1c3cc4ccccc4cc3n(I)c21. The van der Waals surface area contributed by atoms with Crippen LogP contribution in [0, 0.1) is 0 Å². The Morgan fingerprint density at radius 3 is 2.19 bits per heavy atom. The van der Waals surface area contributed by atoms with E-state index in [2.05, 4.69) is 102 Å². The van der Waals surface area contributed by atoms with Crippen molar-refractivity contribution in [3.05, 3.63) is 59.7 Å². The normalized spacial score (nSPS) is 18.5. The highest BCUT2D eigenvalue weighted by Gasteiger charge is 2.39. The van der Waals surface area contributed by atoms with E-state index < -0.39 is 0 Å². The predicted molar refractivity (Wildman–Crippen MR) is 122 cm³/mol. The van der Waals surface area contributed by atoms with E-state index in [9.17, 15) is 0 Å². The second kappa shape index (κ2) is 5.25. The molecule has 0 spiro atoms. The Hall–Kier alpha value is -1.55. The summed E-state index contributed by atoms with van der Waals surface area (Å²) >= 11 is 2.52. The zero-order valence-corrected chi connectivity index (χ0v) is 18.0. The first-order valence-corrected chi connectivity index (χ1v) is 10.4. The van der Waals surface area contributed by atoms with Crippen molar-refractivity contribution in [2.75, 3.05) is 0 Å². The van der Waals surface area contributed by atoms with Crippen molar-refractivity contribution in [1.82, 2.24) is 2.78 Å². The lowest BCUT2D eigenvalue weighted by molar-refractivity contribution is 0.334. The molecule has 0 fully saturated rings. The third kappa shape index (κ3) is 2.14. The maximum atomic E-state index is 2.52. The lowest BCUT2D eigenvalue weighted by Crippen LogP contribution is -2.34. The predicted octanol–water partition coefficient (Wildman–Crippen LogP) is 7.49. The molecule has 132 valence electrons. The molecule has 1 aliphatic rings. The van der Waals surface area contributed by atoms with E-state index in [1.165, 1.54) is 51.0 Å². The Balaban J connectivity index is 2.00. The molecule has 1 aromatic heterocycles. The fourth-order valence-electron chi connectivity index (χ4n) is 4.87. The molecule has 1 aliphatic carbocycles. The van der Waals surface area contributed by atoms with Crippen molar-refractivity contribution >= 4 is 55.4 Å². The molecular weight excluding hydrogens is 429 g/mol. The smallest absolute Gasteiger partial charge is 0.0646 e. The van der Waals surface area contributed by atoms with Crippen LogP contribution in [0.3, 0.4) is 0 Å². The van der Waals surface area contributed by atoms with E-state index in [4.69, 9.17) is 0 Å². The lowest BCUT2D eigenvalue weighted by atomic mass is 9.63. The van der Waals surface area contributed by atoms with Crippen molar-refractivity contribution in [3.8, 4) is 0 Å². The number of nitrogens with zero attached hydrogens (tertiary/aromatic N) is 1. The van der Waals surface area contributed by atoms with Crippen molar-refractivity contribution in [2.24, 2.45) is 0 Å². The van der Waals surface area contributed by atoms with Crippen LogP contribution in [0.15, 0.2) is 48.5 Å². The van der Waals surface area contributed by atoms with Crippen LogP contribution in [0.4, 0.5) is 0 Å². The molecule has 0 bridgehead atoms. The van der Waals surface area contributed by atoms with Gasteiger partial charge >= 0.3 is 0 Å². The van der Waals surface area contributed by atoms with Gasteiger partial charge in [0.15, 0.2) is 0 Å². The van der Waals surface area contributed by atoms with Gasteiger partial charge in [0.25, 0.3) is 0 Å². The monoisotopic (exact) mass is 453 g/mol. The molecule has 2 heteroatoms. The highest BCUT2D eigenvalue weighted by atomic mass is 127. The average molecular weight is 453 g/mol. The van der Waals surface area contributed by atoms with Gasteiger partial charge in [0.1, 0.15) is 0 Å². The first-order chi connectivity index (χ1) is 12.3. The molecule has 0 saturated carbocycles. The van der Waals surface area contributed by atoms with Crippen LogP contribution in [-0.2, 0) is 10.8 Å². The molecule has 0 aliphatic heterocycles. The third-order valence-corrected chi connectivity index (χ3v) is 7.52.